The number of carbonyl (C=O) groups excluding carboxylic acids is 1. The molecule has 122 valence electrons. The number of pyridine rings is 1. The molecule has 1 aromatic heterocycles. The van der Waals surface area contributed by atoms with E-state index in [2.05, 4.69) is 12.2 Å². The first-order valence-electron chi connectivity index (χ1n) is 8.19. The molecule has 1 saturated carbocycles. The van der Waals surface area contributed by atoms with Crippen molar-refractivity contribution >= 4 is 5.91 Å². The molecule has 1 aromatic rings. The third-order valence-corrected chi connectivity index (χ3v) is 4.14. The summed E-state index contributed by atoms with van der Waals surface area (Å²) in [5, 5.41) is 2.84. The summed E-state index contributed by atoms with van der Waals surface area (Å²) in [4.78, 5) is 23.2. The van der Waals surface area contributed by atoms with E-state index in [1.165, 1.54) is 18.9 Å². The lowest BCUT2D eigenvalue weighted by Crippen LogP contribution is -2.32. The standard InChI is InChI=1S/C17H26N2O3/c1-14-6-4-7-15(12-14)22-13-16(20)18-9-5-11-19-10-3-2-8-17(19)21/h2-3,8,10,14-15H,4-7,9,11-13H2,1H3,(H,18,20). The summed E-state index contributed by atoms with van der Waals surface area (Å²) in [6.07, 6.45) is 7.31. The molecule has 1 aliphatic rings. The highest BCUT2D eigenvalue weighted by atomic mass is 16.5. The van der Waals surface area contributed by atoms with Crippen LogP contribution in [0.25, 0.3) is 0 Å². The maximum absolute atomic E-state index is 11.7. The van der Waals surface area contributed by atoms with Crippen molar-refractivity contribution in [3.05, 3.63) is 34.7 Å². The highest BCUT2D eigenvalue weighted by molar-refractivity contribution is 5.77. The summed E-state index contributed by atoms with van der Waals surface area (Å²) in [5.74, 6) is 0.629. The van der Waals surface area contributed by atoms with Crippen LogP contribution >= 0.6 is 0 Å². The molecule has 2 unspecified atom stereocenters. The van der Waals surface area contributed by atoms with Crippen LogP contribution in [0.2, 0.25) is 0 Å². The van der Waals surface area contributed by atoms with Crippen molar-refractivity contribution in [3.63, 3.8) is 0 Å². The molecular weight excluding hydrogens is 280 g/mol. The third-order valence-electron chi connectivity index (χ3n) is 4.14. The van der Waals surface area contributed by atoms with Crippen molar-refractivity contribution in [1.29, 1.82) is 0 Å². The lowest BCUT2D eigenvalue weighted by atomic mass is 9.89. The van der Waals surface area contributed by atoms with E-state index in [0.29, 0.717) is 19.0 Å². The summed E-state index contributed by atoms with van der Waals surface area (Å²) in [5.41, 5.74) is -0.0106. The summed E-state index contributed by atoms with van der Waals surface area (Å²) in [7, 11) is 0. The SMILES string of the molecule is CC1CCCC(OCC(=O)NCCCn2ccccc2=O)C1. The molecule has 1 heterocycles. The van der Waals surface area contributed by atoms with Crippen molar-refractivity contribution < 1.29 is 9.53 Å². The normalized spacial score (nSPS) is 21.5. The lowest BCUT2D eigenvalue weighted by Gasteiger charge is -2.26. The number of aromatic nitrogens is 1. The van der Waals surface area contributed by atoms with Gasteiger partial charge in [0.25, 0.3) is 0 Å². The first-order chi connectivity index (χ1) is 10.6. The van der Waals surface area contributed by atoms with Gasteiger partial charge in [0.1, 0.15) is 6.61 Å². The van der Waals surface area contributed by atoms with Crippen molar-refractivity contribution in [3.8, 4) is 0 Å². The van der Waals surface area contributed by atoms with Crippen LogP contribution in [-0.4, -0.2) is 29.7 Å². The lowest BCUT2D eigenvalue weighted by molar-refractivity contribution is -0.128. The molecule has 1 aliphatic carbocycles. The van der Waals surface area contributed by atoms with Gasteiger partial charge in [-0.15, -0.1) is 0 Å². The maximum Gasteiger partial charge on any atom is 0.250 e. The Morgan fingerprint density at radius 1 is 1.41 bits per heavy atom. The van der Waals surface area contributed by atoms with E-state index in [-0.39, 0.29) is 24.2 Å². The second-order valence-electron chi connectivity index (χ2n) is 6.14. The number of rotatable bonds is 7. The molecule has 0 aliphatic heterocycles. The summed E-state index contributed by atoms with van der Waals surface area (Å²) in [6, 6.07) is 5.10. The minimum absolute atomic E-state index is 0.0106. The Labute approximate surface area is 131 Å². The van der Waals surface area contributed by atoms with Gasteiger partial charge in [-0.1, -0.05) is 25.8 Å². The molecular formula is C17H26N2O3. The van der Waals surface area contributed by atoms with Crippen molar-refractivity contribution in [2.45, 2.75) is 51.7 Å². The van der Waals surface area contributed by atoms with Gasteiger partial charge in [-0.2, -0.15) is 0 Å². The maximum atomic E-state index is 11.7. The molecule has 0 bridgehead atoms. The Balaban J connectivity index is 1.58. The van der Waals surface area contributed by atoms with Crippen LogP contribution in [0.4, 0.5) is 0 Å². The molecule has 5 heteroatoms. The number of hydrogen-bond donors (Lipinski definition) is 1. The Bertz CT molecular complexity index is 527. The van der Waals surface area contributed by atoms with E-state index >= 15 is 0 Å². The van der Waals surface area contributed by atoms with Crippen LogP contribution in [0.5, 0.6) is 0 Å². The van der Waals surface area contributed by atoms with E-state index in [4.69, 9.17) is 4.74 Å². The van der Waals surface area contributed by atoms with Crippen LogP contribution in [0.1, 0.15) is 39.0 Å². The number of hydrogen-bond acceptors (Lipinski definition) is 3. The molecule has 22 heavy (non-hydrogen) atoms. The van der Waals surface area contributed by atoms with Crippen molar-refractivity contribution in [2.24, 2.45) is 5.92 Å². The number of aryl methyl sites for hydroxylation is 1. The van der Waals surface area contributed by atoms with Crippen LogP contribution in [0, 0.1) is 5.92 Å². The first kappa shape index (κ1) is 16.7. The Morgan fingerprint density at radius 2 is 2.27 bits per heavy atom. The average Bonchev–Trinajstić information content (AvgIpc) is 2.51. The number of amides is 1. The zero-order chi connectivity index (χ0) is 15.8. The molecule has 0 aromatic carbocycles. The zero-order valence-electron chi connectivity index (χ0n) is 13.3. The van der Waals surface area contributed by atoms with Crippen LogP contribution in [-0.2, 0) is 16.1 Å². The highest BCUT2D eigenvalue weighted by Gasteiger charge is 2.19. The van der Waals surface area contributed by atoms with Gasteiger partial charge in [0.15, 0.2) is 0 Å². The largest absolute Gasteiger partial charge is 0.368 e. The number of ether oxygens (including phenoxy) is 1. The van der Waals surface area contributed by atoms with Crippen molar-refractivity contribution in [2.75, 3.05) is 13.2 Å². The second-order valence-corrected chi connectivity index (χ2v) is 6.14. The highest BCUT2D eigenvalue weighted by Crippen LogP contribution is 2.25. The van der Waals surface area contributed by atoms with Gasteiger partial charge in [-0.3, -0.25) is 9.59 Å². The number of carbonyl (C=O) groups is 1. The molecule has 1 fully saturated rings. The van der Waals surface area contributed by atoms with Crippen LogP contribution < -0.4 is 10.9 Å². The van der Waals surface area contributed by atoms with Gasteiger partial charge in [-0.05, 0) is 31.2 Å². The van der Waals surface area contributed by atoms with Crippen molar-refractivity contribution in [1.82, 2.24) is 9.88 Å². The summed E-state index contributed by atoms with van der Waals surface area (Å²) >= 11 is 0. The molecule has 1 N–H and O–H groups in total. The zero-order valence-corrected chi connectivity index (χ0v) is 13.3. The fraction of sp³-hybridized carbons (Fsp3) is 0.647. The molecule has 1 amide bonds. The van der Waals surface area contributed by atoms with E-state index in [9.17, 15) is 9.59 Å². The predicted molar refractivity (Wildman–Crippen MR) is 85.7 cm³/mol. The molecule has 0 radical (unpaired) electrons. The fourth-order valence-corrected chi connectivity index (χ4v) is 2.90. The van der Waals surface area contributed by atoms with Crippen LogP contribution in [0.15, 0.2) is 29.2 Å². The van der Waals surface area contributed by atoms with E-state index in [1.54, 1.807) is 16.8 Å². The molecule has 0 spiro atoms. The Kier molecular flexibility index (Phi) is 6.65. The fourth-order valence-electron chi connectivity index (χ4n) is 2.90. The summed E-state index contributed by atoms with van der Waals surface area (Å²) in [6.45, 7) is 3.55. The number of nitrogens with zero attached hydrogens (tertiary/aromatic N) is 1. The quantitative estimate of drug-likeness (QED) is 0.783. The first-order valence-corrected chi connectivity index (χ1v) is 8.19. The smallest absolute Gasteiger partial charge is 0.250 e. The Hall–Kier alpha value is -1.62. The monoisotopic (exact) mass is 306 g/mol. The Morgan fingerprint density at radius 3 is 3.05 bits per heavy atom. The minimum Gasteiger partial charge on any atom is -0.368 e. The van der Waals surface area contributed by atoms with E-state index < -0.39 is 0 Å². The third kappa shape index (κ3) is 5.64. The van der Waals surface area contributed by atoms with Gasteiger partial charge in [0.2, 0.25) is 11.5 Å². The summed E-state index contributed by atoms with van der Waals surface area (Å²) < 4.78 is 7.33. The van der Waals surface area contributed by atoms with E-state index in [1.807, 2.05) is 6.07 Å². The number of nitrogens with one attached hydrogen (secondary N) is 1. The minimum atomic E-state index is -0.0707. The molecule has 2 atom stereocenters. The van der Waals surface area contributed by atoms with Gasteiger partial charge < -0.3 is 14.6 Å². The van der Waals surface area contributed by atoms with Crippen LogP contribution in [0.3, 0.4) is 0 Å². The molecule has 2 rings (SSSR count). The van der Waals surface area contributed by atoms with Gasteiger partial charge in [0, 0.05) is 25.4 Å². The van der Waals surface area contributed by atoms with Gasteiger partial charge in [0.05, 0.1) is 6.10 Å². The second kappa shape index (κ2) is 8.73. The topological polar surface area (TPSA) is 60.3 Å². The van der Waals surface area contributed by atoms with Gasteiger partial charge in [-0.25, -0.2) is 0 Å². The predicted octanol–water partition coefficient (Wildman–Crippen LogP) is 1.95. The van der Waals surface area contributed by atoms with E-state index in [0.717, 1.165) is 19.3 Å². The van der Waals surface area contributed by atoms with Gasteiger partial charge >= 0.3 is 0 Å². The molecule has 5 nitrogen and oxygen atoms in total. The average molecular weight is 306 g/mol. The molecule has 0 saturated heterocycles.